The highest BCUT2D eigenvalue weighted by atomic mass is 16.5. The molecule has 0 N–H and O–H groups in total. The zero-order chi connectivity index (χ0) is 18.9. The molecule has 1 aromatic carbocycles. The number of nitriles is 1. The van der Waals surface area contributed by atoms with E-state index in [0.717, 1.165) is 19.3 Å². The molecule has 0 radical (unpaired) electrons. The molecule has 0 atom stereocenters. The van der Waals surface area contributed by atoms with Crippen molar-refractivity contribution in [1.29, 1.82) is 5.26 Å². The summed E-state index contributed by atoms with van der Waals surface area (Å²) in [5.41, 5.74) is 0.325. The monoisotopic (exact) mass is 366 g/mol. The number of esters is 1. The highest BCUT2D eigenvalue weighted by Gasteiger charge is 2.54. The van der Waals surface area contributed by atoms with Crippen LogP contribution in [0.1, 0.15) is 55.3 Å². The summed E-state index contributed by atoms with van der Waals surface area (Å²) in [4.78, 5) is 27.1. The van der Waals surface area contributed by atoms with E-state index in [-0.39, 0.29) is 18.1 Å². The first-order valence-corrected chi connectivity index (χ1v) is 9.99. The quantitative estimate of drug-likeness (QED) is 0.722. The SMILES string of the molecule is N#CCCN(C(=O)COC(=O)c1ccccc1)C12CC3CC(CC(C3)C1)C2. The van der Waals surface area contributed by atoms with E-state index in [0.29, 0.717) is 36.3 Å². The van der Waals surface area contributed by atoms with Gasteiger partial charge in [0.05, 0.1) is 18.1 Å². The molecule has 0 heterocycles. The maximum Gasteiger partial charge on any atom is 0.338 e. The highest BCUT2D eigenvalue weighted by Crippen LogP contribution is 2.57. The first kappa shape index (κ1) is 18.0. The molecule has 1 aromatic rings. The molecule has 4 saturated carbocycles. The topological polar surface area (TPSA) is 70.4 Å². The van der Waals surface area contributed by atoms with Gasteiger partial charge < -0.3 is 9.64 Å². The van der Waals surface area contributed by atoms with E-state index in [1.165, 1.54) is 19.3 Å². The van der Waals surface area contributed by atoms with Gasteiger partial charge in [-0.2, -0.15) is 5.26 Å². The van der Waals surface area contributed by atoms with Crippen molar-refractivity contribution in [3.8, 4) is 6.07 Å². The number of hydrogen-bond donors (Lipinski definition) is 0. The van der Waals surface area contributed by atoms with Gasteiger partial charge in [0.15, 0.2) is 6.61 Å². The van der Waals surface area contributed by atoms with Gasteiger partial charge in [-0.25, -0.2) is 4.79 Å². The van der Waals surface area contributed by atoms with Crippen LogP contribution in [-0.2, 0) is 9.53 Å². The molecule has 0 saturated heterocycles. The van der Waals surface area contributed by atoms with Crippen LogP contribution in [0.4, 0.5) is 0 Å². The van der Waals surface area contributed by atoms with E-state index in [4.69, 9.17) is 10.00 Å². The van der Waals surface area contributed by atoms with Crippen molar-refractivity contribution in [2.45, 2.75) is 50.5 Å². The van der Waals surface area contributed by atoms with Gasteiger partial charge in [0.2, 0.25) is 0 Å². The average Bonchev–Trinajstić information content (AvgIpc) is 2.66. The summed E-state index contributed by atoms with van der Waals surface area (Å²) in [6, 6.07) is 10.9. The van der Waals surface area contributed by atoms with Gasteiger partial charge in [0.25, 0.3) is 5.91 Å². The van der Waals surface area contributed by atoms with Crippen LogP contribution in [0.2, 0.25) is 0 Å². The van der Waals surface area contributed by atoms with E-state index < -0.39 is 5.97 Å². The lowest BCUT2D eigenvalue weighted by atomic mass is 9.52. The molecule has 4 bridgehead atoms. The fourth-order valence-electron chi connectivity index (χ4n) is 6.05. The van der Waals surface area contributed by atoms with Crippen molar-refractivity contribution in [1.82, 2.24) is 4.90 Å². The van der Waals surface area contributed by atoms with Crippen LogP contribution in [-0.4, -0.2) is 35.5 Å². The second-order valence-electron chi connectivity index (χ2n) is 8.54. The van der Waals surface area contributed by atoms with Crippen molar-refractivity contribution in [2.24, 2.45) is 17.8 Å². The maximum atomic E-state index is 13.0. The number of amides is 1. The van der Waals surface area contributed by atoms with Crippen molar-refractivity contribution in [3.05, 3.63) is 35.9 Å². The molecule has 4 aliphatic rings. The number of rotatable bonds is 6. The normalized spacial score (nSPS) is 30.6. The Bertz CT molecular complexity index is 717. The Morgan fingerprint density at radius 2 is 1.67 bits per heavy atom. The Balaban J connectivity index is 1.46. The molecular weight excluding hydrogens is 340 g/mol. The Labute approximate surface area is 160 Å². The summed E-state index contributed by atoms with van der Waals surface area (Å²) in [6.07, 6.45) is 7.34. The van der Waals surface area contributed by atoms with Gasteiger partial charge >= 0.3 is 5.97 Å². The second-order valence-corrected chi connectivity index (χ2v) is 8.54. The molecule has 0 aromatic heterocycles. The number of carbonyl (C=O) groups excluding carboxylic acids is 2. The summed E-state index contributed by atoms with van der Waals surface area (Å²) >= 11 is 0. The van der Waals surface area contributed by atoms with E-state index in [1.807, 2.05) is 11.0 Å². The molecule has 1 amide bonds. The third-order valence-electron chi connectivity index (χ3n) is 6.66. The average molecular weight is 366 g/mol. The van der Waals surface area contributed by atoms with E-state index in [2.05, 4.69) is 6.07 Å². The predicted octanol–water partition coefficient (Wildman–Crippen LogP) is 3.55. The Kier molecular flexibility index (Phi) is 4.90. The summed E-state index contributed by atoms with van der Waals surface area (Å²) in [5, 5.41) is 9.07. The number of hydrogen-bond acceptors (Lipinski definition) is 4. The summed E-state index contributed by atoms with van der Waals surface area (Å²) in [5.74, 6) is 1.49. The molecule has 0 unspecified atom stereocenters. The molecule has 27 heavy (non-hydrogen) atoms. The van der Waals surface area contributed by atoms with Crippen LogP contribution in [0.25, 0.3) is 0 Å². The molecule has 142 valence electrons. The zero-order valence-corrected chi connectivity index (χ0v) is 15.6. The van der Waals surface area contributed by atoms with Crippen molar-refractivity contribution in [2.75, 3.05) is 13.2 Å². The van der Waals surface area contributed by atoms with Gasteiger partial charge in [0, 0.05) is 12.1 Å². The molecule has 5 rings (SSSR count). The largest absolute Gasteiger partial charge is 0.452 e. The highest BCUT2D eigenvalue weighted by molar-refractivity contribution is 5.91. The van der Waals surface area contributed by atoms with Gasteiger partial charge in [-0.3, -0.25) is 4.79 Å². The van der Waals surface area contributed by atoms with Gasteiger partial charge in [-0.05, 0) is 68.4 Å². The number of benzene rings is 1. The molecule has 0 spiro atoms. The number of ether oxygens (including phenoxy) is 1. The molecular formula is C22H26N2O3. The van der Waals surface area contributed by atoms with Crippen LogP contribution in [0, 0.1) is 29.1 Å². The van der Waals surface area contributed by atoms with Crippen molar-refractivity contribution in [3.63, 3.8) is 0 Å². The lowest BCUT2D eigenvalue weighted by molar-refractivity contribution is -0.153. The standard InChI is InChI=1S/C22H26N2O3/c23-7-4-8-24(20(25)15-27-21(26)19-5-2-1-3-6-19)22-12-16-9-17(13-22)11-18(10-16)14-22/h1-3,5-6,16-18H,4,8-15H2. The Morgan fingerprint density at radius 3 is 2.22 bits per heavy atom. The molecule has 5 heteroatoms. The third-order valence-corrected chi connectivity index (χ3v) is 6.66. The van der Waals surface area contributed by atoms with Crippen molar-refractivity contribution < 1.29 is 14.3 Å². The van der Waals surface area contributed by atoms with Gasteiger partial charge in [-0.1, -0.05) is 18.2 Å². The fraction of sp³-hybridized carbons (Fsp3) is 0.591. The van der Waals surface area contributed by atoms with Crippen LogP contribution in [0.5, 0.6) is 0 Å². The van der Waals surface area contributed by atoms with E-state index in [9.17, 15) is 9.59 Å². The second kappa shape index (κ2) is 7.34. The molecule has 4 aliphatic carbocycles. The minimum atomic E-state index is -0.477. The fourth-order valence-corrected chi connectivity index (χ4v) is 6.05. The minimum Gasteiger partial charge on any atom is -0.452 e. The van der Waals surface area contributed by atoms with Crippen LogP contribution in [0.3, 0.4) is 0 Å². The molecule has 0 aliphatic heterocycles. The van der Waals surface area contributed by atoms with Gasteiger partial charge in [-0.15, -0.1) is 0 Å². The smallest absolute Gasteiger partial charge is 0.338 e. The van der Waals surface area contributed by atoms with E-state index in [1.54, 1.807) is 24.3 Å². The molecule has 5 nitrogen and oxygen atoms in total. The van der Waals surface area contributed by atoms with Gasteiger partial charge in [0.1, 0.15) is 0 Å². The van der Waals surface area contributed by atoms with Crippen LogP contribution < -0.4 is 0 Å². The first-order valence-electron chi connectivity index (χ1n) is 9.99. The Hall–Kier alpha value is -2.35. The number of carbonyl (C=O) groups is 2. The number of nitrogens with zero attached hydrogens (tertiary/aromatic N) is 2. The maximum absolute atomic E-state index is 13.0. The lowest BCUT2D eigenvalue weighted by Crippen LogP contribution is -2.62. The van der Waals surface area contributed by atoms with E-state index >= 15 is 0 Å². The minimum absolute atomic E-state index is 0.123. The summed E-state index contributed by atoms with van der Waals surface area (Å²) in [7, 11) is 0. The lowest BCUT2D eigenvalue weighted by Gasteiger charge is -2.60. The third kappa shape index (κ3) is 3.58. The van der Waals surface area contributed by atoms with Crippen LogP contribution in [0.15, 0.2) is 30.3 Å². The summed E-state index contributed by atoms with van der Waals surface area (Å²) in [6.45, 7) is 0.186. The first-order chi connectivity index (χ1) is 13.1. The summed E-state index contributed by atoms with van der Waals surface area (Å²) < 4.78 is 5.30. The Morgan fingerprint density at radius 1 is 1.07 bits per heavy atom. The molecule has 4 fully saturated rings. The zero-order valence-electron chi connectivity index (χ0n) is 15.6. The van der Waals surface area contributed by atoms with Crippen LogP contribution >= 0.6 is 0 Å². The van der Waals surface area contributed by atoms with Crippen molar-refractivity contribution >= 4 is 11.9 Å². The predicted molar refractivity (Wildman–Crippen MR) is 99.6 cm³/mol.